The van der Waals surface area contributed by atoms with E-state index in [0.29, 0.717) is 5.92 Å². The Morgan fingerprint density at radius 2 is 1.88 bits per heavy atom. The highest BCUT2D eigenvalue weighted by Gasteiger charge is 2.33. The zero-order valence-electron chi connectivity index (χ0n) is 14.0. The van der Waals surface area contributed by atoms with Crippen LogP contribution in [0.5, 0.6) is 5.75 Å². The van der Waals surface area contributed by atoms with Crippen molar-refractivity contribution in [3.8, 4) is 5.75 Å². The van der Waals surface area contributed by atoms with Crippen molar-refractivity contribution >= 4 is 24.8 Å². The number of benzene rings is 1. The number of methoxy groups -OCH3 is 1. The van der Waals surface area contributed by atoms with Gasteiger partial charge < -0.3 is 14.8 Å². The van der Waals surface area contributed by atoms with E-state index in [2.05, 4.69) is 10.2 Å². The number of piperazine rings is 1. The van der Waals surface area contributed by atoms with Gasteiger partial charge in [-0.1, -0.05) is 0 Å². The number of hydrogen-bond acceptors (Lipinski definition) is 4. The van der Waals surface area contributed by atoms with E-state index >= 15 is 0 Å². The van der Waals surface area contributed by atoms with Gasteiger partial charge in [0.1, 0.15) is 11.6 Å². The summed E-state index contributed by atoms with van der Waals surface area (Å²) in [5.74, 6) is 1.09. The molecule has 24 heavy (non-hydrogen) atoms. The first-order valence-corrected chi connectivity index (χ1v) is 8.15. The van der Waals surface area contributed by atoms with Crippen LogP contribution in [0.4, 0.5) is 4.39 Å². The minimum Gasteiger partial charge on any atom is -0.496 e. The van der Waals surface area contributed by atoms with Crippen LogP contribution in [0.25, 0.3) is 0 Å². The van der Waals surface area contributed by atoms with E-state index in [4.69, 9.17) is 9.47 Å². The highest BCUT2D eigenvalue weighted by Crippen LogP contribution is 2.39. The van der Waals surface area contributed by atoms with Crippen LogP contribution in [0.2, 0.25) is 0 Å². The van der Waals surface area contributed by atoms with Crippen LogP contribution < -0.4 is 10.1 Å². The zero-order valence-corrected chi connectivity index (χ0v) is 15.6. The number of rotatable bonds is 4. The van der Waals surface area contributed by atoms with Crippen molar-refractivity contribution in [2.24, 2.45) is 5.92 Å². The molecule has 0 spiro atoms. The number of halogens is 3. The summed E-state index contributed by atoms with van der Waals surface area (Å²) in [6.45, 7) is 5.54. The molecule has 0 unspecified atom stereocenters. The monoisotopic (exact) mass is 380 g/mol. The number of hydrogen-bond donors (Lipinski definition) is 1. The third kappa shape index (κ3) is 4.96. The second kappa shape index (κ2) is 10.4. The smallest absolute Gasteiger partial charge is 0.123 e. The lowest BCUT2D eigenvalue weighted by atomic mass is 9.85. The molecule has 1 N–H and O–H groups in total. The Bertz CT molecular complexity index is 477. The summed E-state index contributed by atoms with van der Waals surface area (Å²) in [4.78, 5) is 2.48. The standard InChI is InChI=1S/C17H25FN2O2.2ClH/c1-21-16-3-2-14(18)12-15(16)17(13-4-10-22-11-5-13)20-8-6-19-7-9-20;;/h2-3,12-13,17,19H,4-11H2,1H3;2*1H/t17-;;/m1../s1. The second-order valence-corrected chi connectivity index (χ2v) is 6.07. The Labute approximate surface area is 155 Å². The summed E-state index contributed by atoms with van der Waals surface area (Å²) >= 11 is 0. The molecular weight excluding hydrogens is 354 g/mol. The van der Waals surface area contributed by atoms with E-state index in [1.165, 1.54) is 6.07 Å². The van der Waals surface area contributed by atoms with E-state index in [0.717, 1.165) is 63.5 Å². The van der Waals surface area contributed by atoms with E-state index < -0.39 is 0 Å². The molecule has 2 saturated heterocycles. The van der Waals surface area contributed by atoms with E-state index in [9.17, 15) is 4.39 Å². The fraction of sp³-hybridized carbons (Fsp3) is 0.647. The Morgan fingerprint density at radius 3 is 2.50 bits per heavy atom. The molecule has 0 aliphatic carbocycles. The molecule has 0 bridgehead atoms. The highest BCUT2D eigenvalue weighted by molar-refractivity contribution is 5.85. The Kier molecular flexibility index (Phi) is 9.31. The predicted octanol–water partition coefficient (Wildman–Crippen LogP) is 3.05. The minimum atomic E-state index is -0.192. The van der Waals surface area contributed by atoms with Gasteiger partial charge in [-0.15, -0.1) is 24.8 Å². The van der Waals surface area contributed by atoms with Gasteiger partial charge in [0.05, 0.1) is 7.11 Å². The van der Waals surface area contributed by atoms with Gasteiger partial charge in [-0.2, -0.15) is 0 Å². The van der Waals surface area contributed by atoms with Crippen LogP contribution in [-0.2, 0) is 4.74 Å². The molecule has 3 rings (SSSR count). The molecule has 0 saturated carbocycles. The van der Waals surface area contributed by atoms with Crippen molar-refractivity contribution in [1.29, 1.82) is 0 Å². The molecule has 0 aromatic heterocycles. The maximum Gasteiger partial charge on any atom is 0.123 e. The molecule has 2 aliphatic rings. The van der Waals surface area contributed by atoms with Gasteiger partial charge in [-0.05, 0) is 37.0 Å². The average Bonchev–Trinajstić information content (AvgIpc) is 2.57. The molecular formula is C17H27Cl2FN2O2. The lowest BCUT2D eigenvalue weighted by Crippen LogP contribution is -2.47. The number of nitrogens with one attached hydrogen (secondary N) is 1. The molecule has 4 nitrogen and oxygen atoms in total. The van der Waals surface area contributed by atoms with Crippen LogP contribution in [0.1, 0.15) is 24.4 Å². The fourth-order valence-corrected chi connectivity index (χ4v) is 3.68. The van der Waals surface area contributed by atoms with Crippen molar-refractivity contribution in [3.05, 3.63) is 29.6 Å². The number of nitrogens with zero attached hydrogens (tertiary/aromatic N) is 1. The molecule has 138 valence electrons. The first kappa shape index (κ1) is 21.5. The predicted molar refractivity (Wildman–Crippen MR) is 98.2 cm³/mol. The molecule has 7 heteroatoms. The van der Waals surface area contributed by atoms with E-state index in [1.54, 1.807) is 19.2 Å². The molecule has 0 amide bonds. The quantitative estimate of drug-likeness (QED) is 0.870. The maximum atomic E-state index is 13.9. The third-order valence-electron chi connectivity index (χ3n) is 4.77. The van der Waals surface area contributed by atoms with Gasteiger partial charge in [0.15, 0.2) is 0 Å². The van der Waals surface area contributed by atoms with Gasteiger partial charge in [0.25, 0.3) is 0 Å². The zero-order chi connectivity index (χ0) is 15.4. The topological polar surface area (TPSA) is 33.7 Å². The lowest BCUT2D eigenvalue weighted by molar-refractivity contribution is 0.0205. The molecule has 1 atom stereocenters. The highest BCUT2D eigenvalue weighted by atomic mass is 35.5. The Hall–Kier alpha value is -0.590. The van der Waals surface area contributed by atoms with Gasteiger partial charge in [-0.3, -0.25) is 4.90 Å². The normalized spacial score (nSPS) is 20.6. The van der Waals surface area contributed by atoms with E-state index in [1.807, 2.05) is 0 Å². The molecule has 0 radical (unpaired) electrons. The summed E-state index contributed by atoms with van der Waals surface area (Å²) in [7, 11) is 1.66. The SMILES string of the molecule is COc1ccc(F)cc1[C@@H](C1CCOCC1)N1CCNCC1.Cl.Cl. The van der Waals surface area contributed by atoms with Crippen molar-refractivity contribution in [2.75, 3.05) is 46.5 Å². The van der Waals surface area contributed by atoms with Gasteiger partial charge >= 0.3 is 0 Å². The Balaban J connectivity index is 0.00000144. The Morgan fingerprint density at radius 1 is 1.21 bits per heavy atom. The first-order chi connectivity index (χ1) is 10.8. The van der Waals surface area contributed by atoms with Crippen molar-refractivity contribution in [2.45, 2.75) is 18.9 Å². The van der Waals surface area contributed by atoms with Crippen molar-refractivity contribution < 1.29 is 13.9 Å². The lowest BCUT2D eigenvalue weighted by Gasteiger charge is -2.41. The molecule has 1 aromatic carbocycles. The summed E-state index contributed by atoms with van der Waals surface area (Å²) < 4.78 is 24.9. The van der Waals surface area contributed by atoms with Gasteiger partial charge in [0, 0.05) is 51.0 Å². The maximum absolute atomic E-state index is 13.9. The molecule has 1 aromatic rings. The molecule has 2 heterocycles. The summed E-state index contributed by atoms with van der Waals surface area (Å²) in [6, 6.07) is 5.08. The van der Waals surface area contributed by atoms with Gasteiger partial charge in [0.2, 0.25) is 0 Å². The van der Waals surface area contributed by atoms with Crippen molar-refractivity contribution in [3.63, 3.8) is 0 Å². The first-order valence-electron chi connectivity index (χ1n) is 8.15. The number of ether oxygens (including phenoxy) is 2. The largest absolute Gasteiger partial charge is 0.496 e. The van der Waals surface area contributed by atoms with Crippen LogP contribution in [-0.4, -0.2) is 51.4 Å². The fourth-order valence-electron chi connectivity index (χ4n) is 3.68. The van der Waals surface area contributed by atoms with E-state index in [-0.39, 0.29) is 36.7 Å². The second-order valence-electron chi connectivity index (χ2n) is 6.07. The summed E-state index contributed by atoms with van der Waals surface area (Å²) in [6.07, 6.45) is 2.04. The van der Waals surface area contributed by atoms with Crippen LogP contribution in [0.15, 0.2) is 18.2 Å². The molecule has 2 aliphatic heterocycles. The van der Waals surface area contributed by atoms with Crippen molar-refractivity contribution in [1.82, 2.24) is 10.2 Å². The van der Waals surface area contributed by atoms with Crippen LogP contribution in [0, 0.1) is 11.7 Å². The third-order valence-corrected chi connectivity index (χ3v) is 4.77. The van der Waals surface area contributed by atoms with Gasteiger partial charge in [-0.25, -0.2) is 4.39 Å². The summed E-state index contributed by atoms with van der Waals surface area (Å²) in [5, 5.41) is 3.39. The summed E-state index contributed by atoms with van der Waals surface area (Å²) in [5.41, 5.74) is 0.983. The van der Waals surface area contributed by atoms with Crippen LogP contribution >= 0.6 is 24.8 Å². The molecule has 2 fully saturated rings. The minimum absolute atomic E-state index is 0. The van der Waals surface area contributed by atoms with Crippen LogP contribution in [0.3, 0.4) is 0 Å². The average molecular weight is 381 g/mol.